The van der Waals surface area contributed by atoms with Crippen LogP contribution in [0.2, 0.25) is 0 Å². The van der Waals surface area contributed by atoms with Crippen molar-refractivity contribution in [2.24, 2.45) is 11.7 Å². The Bertz CT molecular complexity index is 1090. The largest absolute Gasteiger partial charge is 0.371 e. The first-order chi connectivity index (χ1) is 13.5. The standard InChI is InChI=1S/C19H20N6O3/c20-16(26)11-4-6-25(7-5-11)13-3-1-2-12(8-13)24-18(27)14-9-21-17-15(14)19(28)23-10-22-17/h1-3,8-11H,4-7H2,(H2,20,26)(H,24,27)(H2,21,22,23,28). The number of nitrogens with one attached hydrogen (secondary N) is 3. The lowest BCUT2D eigenvalue weighted by molar-refractivity contribution is -0.122. The van der Waals surface area contributed by atoms with Gasteiger partial charge in [0.15, 0.2) is 0 Å². The fourth-order valence-electron chi connectivity index (χ4n) is 3.55. The van der Waals surface area contributed by atoms with Crippen molar-refractivity contribution >= 4 is 34.2 Å². The number of piperidine rings is 1. The van der Waals surface area contributed by atoms with Crippen molar-refractivity contribution in [2.75, 3.05) is 23.3 Å². The Morgan fingerprint density at radius 2 is 2.00 bits per heavy atom. The molecule has 0 aliphatic carbocycles. The number of carbonyl (C=O) groups excluding carboxylic acids is 2. The molecule has 4 rings (SSSR count). The lowest BCUT2D eigenvalue weighted by atomic mass is 9.96. The summed E-state index contributed by atoms with van der Waals surface area (Å²) < 4.78 is 0. The Morgan fingerprint density at radius 1 is 1.21 bits per heavy atom. The predicted molar refractivity (Wildman–Crippen MR) is 105 cm³/mol. The van der Waals surface area contributed by atoms with Gasteiger partial charge < -0.3 is 25.9 Å². The summed E-state index contributed by atoms with van der Waals surface area (Å²) in [5.41, 5.74) is 7.19. The fourth-order valence-corrected chi connectivity index (χ4v) is 3.55. The average molecular weight is 380 g/mol. The van der Waals surface area contributed by atoms with Crippen molar-refractivity contribution in [3.8, 4) is 0 Å². The van der Waals surface area contributed by atoms with E-state index >= 15 is 0 Å². The van der Waals surface area contributed by atoms with E-state index in [-0.39, 0.29) is 28.3 Å². The quantitative estimate of drug-likeness (QED) is 0.539. The molecule has 9 nitrogen and oxygen atoms in total. The lowest BCUT2D eigenvalue weighted by Gasteiger charge is -2.32. The summed E-state index contributed by atoms with van der Waals surface area (Å²) in [7, 11) is 0. The van der Waals surface area contributed by atoms with Gasteiger partial charge in [-0.1, -0.05) is 6.07 Å². The molecule has 5 N–H and O–H groups in total. The second-order valence-electron chi connectivity index (χ2n) is 6.83. The normalized spacial score (nSPS) is 14.9. The second-order valence-corrected chi connectivity index (χ2v) is 6.83. The Kier molecular flexibility index (Phi) is 4.56. The summed E-state index contributed by atoms with van der Waals surface area (Å²) >= 11 is 0. The molecule has 0 spiro atoms. The minimum Gasteiger partial charge on any atom is -0.371 e. The zero-order valence-corrected chi connectivity index (χ0v) is 15.1. The highest BCUT2D eigenvalue weighted by Gasteiger charge is 2.23. The van der Waals surface area contributed by atoms with Gasteiger partial charge in [-0.3, -0.25) is 14.4 Å². The van der Waals surface area contributed by atoms with E-state index in [9.17, 15) is 14.4 Å². The molecule has 2 aromatic heterocycles. The van der Waals surface area contributed by atoms with Crippen LogP contribution in [0.25, 0.3) is 11.0 Å². The van der Waals surface area contributed by atoms with Gasteiger partial charge in [-0.25, -0.2) is 4.98 Å². The van der Waals surface area contributed by atoms with Crippen molar-refractivity contribution in [1.29, 1.82) is 0 Å². The van der Waals surface area contributed by atoms with Crippen LogP contribution < -0.4 is 21.5 Å². The van der Waals surface area contributed by atoms with E-state index in [2.05, 4.69) is 25.2 Å². The summed E-state index contributed by atoms with van der Waals surface area (Å²) in [5.74, 6) is -0.717. The SMILES string of the molecule is NC(=O)C1CCN(c2cccc(NC(=O)c3c[nH]c4nc[nH]c(=O)c34)c2)CC1. The average Bonchev–Trinajstić information content (AvgIpc) is 3.14. The van der Waals surface area contributed by atoms with Gasteiger partial charge in [0, 0.05) is 36.6 Å². The number of fused-ring (bicyclic) bond motifs is 1. The fraction of sp³-hybridized carbons (Fsp3) is 0.263. The number of anilines is 2. The number of hydrogen-bond donors (Lipinski definition) is 4. The lowest BCUT2D eigenvalue weighted by Crippen LogP contribution is -2.38. The molecule has 0 radical (unpaired) electrons. The molecule has 0 bridgehead atoms. The third kappa shape index (κ3) is 3.34. The van der Waals surface area contributed by atoms with Crippen LogP contribution in [-0.2, 0) is 4.79 Å². The third-order valence-electron chi connectivity index (χ3n) is 5.09. The number of rotatable bonds is 4. The van der Waals surface area contributed by atoms with Crippen molar-refractivity contribution in [3.63, 3.8) is 0 Å². The van der Waals surface area contributed by atoms with Crippen LogP contribution in [0.15, 0.2) is 41.6 Å². The number of aromatic amines is 2. The van der Waals surface area contributed by atoms with Crippen molar-refractivity contribution < 1.29 is 9.59 Å². The monoisotopic (exact) mass is 380 g/mol. The van der Waals surface area contributed by atoms with Crippen LogP contribution in [0.4, 0.5) is 11.4 Å². The first kappa shape index (κ1) is 17.8. The van der Waals surface area contributed by atoms with Gasteiger partial charge in [-0.05, 0) is 31.0 Å². The molecule has 3 heterocycles. The number of benzene rings is 1. The molecule has 28 heavy (non-hydrogen) atoms. The summed E-state index contributed by atoms with van der Waals surface area (Å²) in [4.78, 5) is 47.5. The number of hydrogen-bond acceptors (Lipinski definition) is 5. The smallest absolute Gasteiger partial charge is 0.261 e. The van der Waals surface area contributed by atoms with Crippen LogP contribution in [0.5, 0.6) is 0 Å². The zero-order valence-electron chi connectivity index (χ0n) is 15.1. The number of primary amides is 1. The summed E-state index contributed by atoms with van der Waals surface area (Å²) in [6.45, 7) is 1.46. The van der Waals surface area contributed by atoms with E-state index in [0.29, 0.717) is 11.3 Å². The maximum atomic E-state index is 12.7. The highest BCUT2D eigenvalue weighted by Crippen LogP contribution is 2.26. The van der Waals surface area contributed by atoms with Gasteiger partial charge in [0.1, 0.15) is 5.65 Å². The van der Waals surface area contributed by atoms with Crippen molar-refractivity contribution in [3.05, 3.63) is 52.7 Å². The Morgan fingerprint density at radius 3 is 2.75 bits per heavy atom. The van der Waals surface area contributed by atoms with Crippen LogP contribution >= 0.6 is 0 Å². The van der Waals surface area contributed by atoms with E-state index in [4.69, 9.17) is 5.73 Å². The summed E-state index contributed by atoms with van der Waals surface area (Å²) in [5, 5.41) is 3.06. The Balaban J connectivity index is 1.51. The maximum Gasteiger partial charge on any atom is 0.261 e. The first-order valence-corrected chi connectivity index (χ1v) is 9.03. The van der Waals surface area contributed by atoms with E-state index < -0.39 is 5.91 Å². The topological polar surface area (TPSA) is 137 Å². The molecular formula is C19H20N6O3. The Labute approximate surface area is 160 Å². The number of carbonyl (C=O) groups is 2. The van der Waals surface area contributed by atoms with Gasteiger partial charge >= 0.3 is 0 Å². The molecular weight excluding hydrogens is 360 g/mol. The van der Waals surface area contributed by atoms with Crippen LogP contribution in [0, 0.1) is 5.92 Å². The van der Waals surface area contributed by atoms with Gasteiger partial charge in [-0.2, -0.15) is 0 Å². The molecule has 1 aliphatic rings. The highest BCUT2D eigenvalue weighted by atomic mass is 16.2. The predicted octanol–water partition coefficient (Wildman–Crippen LogP) is 1.21. The van der Waals surface area contributed by atoms with Gasteiger partial charge in [0.05, 0.1) is 17.3 Å². The van der Waals surface area contributed by atoms with E-state index in [1.165, 1.54) is 12.5 Å². The molecule has 0 atom stereocenters. The van der Waals surface area contributed by atoms with Gasteiger partial charge in [0.25, 0.3) is 11.5 Å². The molecule has 0 saturated carbocycles. The minimum absolute atomic E-state index is 0.0762. The van der Waals surface area contributed by atoms with Crippen molar-refractivity contribution in [1.82, 2.24) is 15.0 Å². The zero-order chi connectivity index (χ0) is 19.7. The molecule has 0 unspecified atom stereocenters. The summed E-state index contributed by atoms with van der Waals surface area (Å²) in [6.07, 6.45) is 4.20. The first-order valence-electron chi connectivity index (χ1n) is 9.03. The molecule has 2 amide bonds. The molecule has 1 aromatic carbocycles. The molecule has 3 aromatic rings. The number of nitrogens with two attached hydrogens (primary N) is 1. The highest BCUT2D eigenvalue weighted by molar-refractivity contribution is 6.12. The van der Waals surface area contributed by atoms with E-state index in [1.54, 1.807) is 6.07 Å². The van der Waals surface area contributed by atoms with Crippen molar-refractivity contribution in [2.45, 2.75) is 12.8 Å². The van der Waals surface area contributed by atoms with Crippen LogP contribution in [0.3, 0.4) is 0 Å². The van der Waals surface area contributed by atoms with E-state index in [0.717, 1.165) is 31.6 Å². The molecule has 1 fully saturated rings. The minimum atomic E-state index is -0.394. The number of aromatic nitrogens is 3. The van der Waals surface area contributed by atoms with E-state index in [1.807, 2.05) is 18.2 Å². The van der Waals surface area contributed by atoms with Crippen LogP contribution in [-0.4, -0.2) is 39.9 Å². The van der Waals surface area contributed by atoms with Gasteiger partial charge in [-0.15, -0.1) is 0 Å². The number of nitrogens with zero attached hydrogens (tertiary/aromatic N) is 2. The number of H-pyrrole nitrogens is 2. The molecule has 1 aliphatic heterocycles. The maximum absolute atomic E-state index is 12.7. The number of amides is 2. The molecule has 1 saturated heterocycles. The third-order valence-corrected chi connectivity index (χ3v) is 5.09. The molecule has 144 valence electrons. The second kappa shape index (κ2) is 7.18. The Hall–Kier alpha value is -3.62. The van der Waals surface area contributed by atoms with Crippen LogP contribution in [0.1, 0.15) is 23.2 Å². The molecule has 9 heteroatoms. The summed E-state index contributed by atoms with van der Waals surface area (Å²) in [6, 6.07) is 7.48. The van der Waals surface area contributed by atoms with Gasteiger partial charge in [0.2, 0.25) is 5.91 Å².